The van der Waals surface area contributed by atoms with Crippen LogP contribution in [0.5, 0.6) is 11.5 Å². The first-order valence-electron chi connectivity index (χ1n) is 14.6. The Balaban J connectivity index is 1.43. The summed E-state index contributed by atoms with van der Waals surface area (Å²) in [5.74, 6) is 0.779. The van der Waals surface area contributed by atoms with Crippen molar-refractivity contribution in [3.05, 3.63) is 45.6 Å². The highest BCUT2D eigenvalue weighted by Gasteiger charge is 2.27. The zero-order chi connectivity index (χ0) is 30.8. The molecular weight excluding hydrogens is 590 g/mol. The fourth-order valence-corrected chi connectivity index (χ4v) is 6.96. The van der Waals surface area contributed by atoms with Gasteiger partial charge < -0.3 is 29.4 Å². The lowest BCUT2D eigenvalue weighted by Crippen LogP contribution is -2.25. The van der Waals surface area contributed by atoms with Crippen molar-refractivity contribution in [1.29, 1.82) is 0 Å². The Morgan fingerprint density at radius 2 is 1.84 bits per heavy atom. The minimum absolute atomic E-state index is 0.0904. The van der Waals surface area contributed by atoms with E-state index in [2.05, 4.69) is 27.8 Å². The summed E-state index contributed by atoms with van der Waals surface area (Å²) < 4.78 is 17.8. The number of amides is 2. The summed E-state index contributed by atoms with van der Waals surface area (Å²) >= 11 is 2.75. The van der Waals surface area contributed by atoms with Crippen molar-refractivity contribution in [1.82, 2.24) is 20.1 Å². The van der Waals surface area contributed by atoms with Gasteiger partial charge in [0.05, 0.1) is 38.7 Å². The van der Waals surface area contributed by atoms with E-state index < -0.39 is 0 Å². The Kier molecular flexibility index (Phi) is 11.9. The van der Waals surface area contributed by atoms with Crippen molar-refractivity contribution in [2.75, 3.05) is 31.9 Å². The lowest BCUT2D eigenvalue weighted by molar-refractivity contribution is -0.113. The van der Waals surface area contributed by atoms with E-state index in [4.69, 9.17) is 14.2 Å². The number of nitrogens with zero attached hydrogens (tertiary/aromatic N) is 3. The average molecular weight is 630 g/mol. The van der Waals surface area contributed by atoms with E-state index in [0.717, 1.165) is 55.4 Å². The van der Waals surface area contributed by atoms with Crippen LogP contribution in [0.4, 0.5) is 5.00 Å². The highest BCUT2D eigenvalue weighted by molar-refractivity contribution is 7.99. The summed E-state index contributed by atoms with van der Waals surface area (Å²) in [6, 6.07) is 4.96. The van der Waals surface area contributed by atoms with Gasteiger partial charge in [-0.2, -0.15) is 0 Å². The average Bonchev–Trinajstić information content (AvgIpc) is 3.48. The molecule has 13 heteroatoms. The number of carbonyl (C=O) groups excluding carboxylic acids is 3. The van der Waals surface area contributed by atoms with Gasteiger partial charge in [-0.3, -0.25) is 9.59 Å². The van der Waals surface area contributed by atoms with Crippen molar-refractivity contribution in [3.63, 3.8) is 0 Å². The van der Waals surface area contributed by atoms with Crippen LogP contribution in [0.2, 0.25) is 0 Å². The van der Waals surface area contributed by atoms with Crippen molar-refractivity contribution < 1.29 is 28.6 Å². The first-order valence-corrected chi connectivity index (χ1v) is 16.4. The molecule has 0 aliphatic heterocycles. The maximum absolute atomic E-state index is 13.1. The lowest BCUT2D eigenvalue weighted by Gasteiger charge is -2.12. The number of anilines is 1. The van der Waals surface area contributed by atoms with E-state index in [1.54, 1.807) is 25.1 Å². The third-order valence-corrected chi connectivity index (χ3v) is 9.24. The predicted molar refractivity (Wildman–Crippen MR) is 167 cm³/mol. The van der Waals surface area contributed by atoms with Gasteiger partial charge in [0.1, 0.15) is 5.00 Å². The second-order valence-corrected chi connectivity index (χ2v) is 12.0. The zero-order valence-corrected chi connectivity index (χ0v) is 26.8. The molecule has 11 nitrogen and oxygen atoms in total. The normalized spacial score (nSPS) is 12.7. The number of hydrogen-bond donors (Lipinski definition) is 2. The molecule has 4 rings (SSSR count). The predicted octanol–water partition coefficient (Wildman–Crippen LogP) is 5.26. The molecule has 0 atom stereocenters. The SMILES string of the molecule is CCCCn1c(CNC(=O)c2ccc(OC)c(OC)c2)nnc1SCC(=O)Nc1sc2c(c1C(=O)OCC)CCCCC2. The van der Waals surface area contributed by atoms with Crippen LogP contribution in [0.25, 0.3) is 0 Å². The fraction of sp³-hybridized carbons (Fsp3) is 0.500. The van der Waals surface area contributed by atoms with Crippen LogP contribution in [0.3, 0.4) is 0 Å². The summed E-state index contributed by atoms with van der Waals surface area (Å²) in [5.41, 5.74) is 1.94. The molecule has 0 fully saturated rings. The lowest BCUT2D eigenvalue weighted by atomic mass is 10.1. The highest BCUT2D eigenvalue weighted by Crippen LogP contribution is 2.38. The smallest absolute Gasteiger partial charge is 0.341 e. The fourth-order valence-electron chi connectivity index (χ4n) is 4.88. The molecule has 0 saturated heterocycles. The molecule has 2 heterocycles. The number of rotatable bonds is 14. The first kappa shape index (κ1) is 32.3. The van der Waals surface area contributed by atoms with Crippen molar-refractivity contribution in [3.8, 4) is 11.5 Å². The minimum atomic E-state index is -0.385. The Morgan fingerprint density at radius 3 is 2.58 bits per heavy atom. The number of ether oxygens (including phenoxy) is 3. The standard InChI is InChI=1S/C30H39N5O6S2/c1-5-7-15-35-24(17-31-27(37)19-13-14-21(39-3)22(16-19)40-4)33-34-30(35)42-18-25(36)32-28-26(29(38)41-6-2)20-11-9-8-10-12-23(20)43-28/h13-14,16H,5-12,15,17-18H2,1-4H3,(H,31,37)(H,32,36). The quantitative estimate of drug-likeness (QED) is 0.139. The number of benzene rings is 1. The van der Waals surface area contributed by atoms with Gasteiger partial charge in [-0.1, -0.05) is 31.5 Å². The van der Waals surface area contributed by atoms with Crippen molar-refractivity contribution >= 4 is 45.9 Å². The number of methoxy groups -OCH3 is 2. The van der Waals surface area contributed by atoms with E-state index >= 15 is 0 Å². The number of unbranched alkanes of at least 4 members (excludes halogenated alkanes) is 1. The first-order chi connectivity index (χ1) is 20.9. The summed E-state index contributed by atoms with van der Waals surface area (Å²) in [4.78, 5) is 40.0. The topological polar surface area (TPSA) is 134 Å². The Morgan fingerprint density at radius 1 is 1.05 bits per heavy atom. The number of thiophene rings is 1. The number of thioether (sulfide) groups is 1. The molecule has 1 aromatic carbocycles. The van der Waals surface area contributed by atoms with Gasteiger partial charge in [0.15, 0.2) is 22.5 Å². The molecule has 0 bridgehead atoms. The largest absolute Gasteiger partial charge is 0.493 e. The van der Waals surface area contributed by atoms with Crippen LogP contribution < -0.4 is 20.1 Å². The van der Waals surface area contributed by atoms with Gasteiger partial charge >= 0.3 is 5.97 Å². The van der Waals surface area contributed by atoms with Crippen LogP contribution in [-0.4, -0.2) is 59.1 Å². The number of aromatic nitrogens is 3. The van der Waals surface area contributed by atoms with Gasteiger partial charge in [0, 0.05) is 17.0 Å². The van der Waals surface area contributed by atoms with Crippen LogP contribution in [0.1, 0.15) is 82.9 Å². The third kappa shape index (κ3) is 8.08. The van der Waals surface area contributed by atoms with Gasteiger partial charge in [-0.05, 0) is 62.8 Å². The van der Waals surface area contributed by atoms with Gasteiger partial charge in [-0.25, -0.2) is 4.79 Å². The summed E-state index contributed by atoms with van der Waals surface area (Å²) in [6.07, 6.45) is 6.79. The molecule has 2 aromatic heterocycles. The van der Waals surface area contributed by atoms with Gasteiger partial charge in [0.25, 0.3) is 5.91 Å². The van der Waals surface area contributed by atoms with Gasteiger partial charge in [0.2, 0.25) is 5.91 Å². The van der Waals surface area contributed by atoms with Gasteiger partial charge in [-0.15, -0.1) is 21.5 Å². The molecule has 3 aromatic rings. The second-order valence-electron chi connectivity index (χ2n) is 9.98. The molecule has 0 spiro atoms. The van der Waals surface area contributed by atoms with Crippen LogP contribution >= 0.6 is 23.1 Å². The Bertz CT molecular complexity index is 1440. The Labute approximate surface area is 260 Å². The molecular formula is C30H39N5O6S2. The number of fused-ring (bicyclic) bond motifs is 1. The molecule has 2 N–H and O–H groups in total. The zero-order valence-electron chi connectivity index (χ0n) is 25.1. The molecule has 0 unspecified atom stereocenters. The molecule has 1 aliphatic carbocycles. The molecule has 43 heavy (non-hydrogen) atoms. The van der Waals surface area contributed by atoms with Crippen molar-refractivity contribution in [2.24, 2.45) is 0 Å². The van der Waals surface area contributed by atoms with E-state index in [-0.39, 0.29) is 36.7 Å². The molecule has 0 radical (unpaired) electrons. The minimum Gasteiger partial charge on any atom is -0.493 e. The maximum atomic E-state index is 13.1. The van der Waals surface area contributed by atoms with E-state index in [0.29, 0.717) is 45.2 Å². The number of aryl methyl sites for hydroxylation is 1. The highest BCUT2D eigenvalue weighted by atomic mass is 32.2. The second kappa shape index (κ2) is 15.8. The van der Waals surface area contributed by atoms with Crippen LogP contribution in [-0.2, 0) is 35.5 Å². The monoisotopic (exact) mass is 629 g/mol. The summed E-state index contributed by atoms with van der Waals surface area (Å²) in [5, 5.41) is 15.6. The van der Waals surface area contributed by atoms with E-state index in [9.17, 15) is 14.4 Å². The number of carbonyl (C=O) groups is 3. The molecule has 2 amide bonds. The Hall–Kier alpha value is -3.58. The summed E-state index contributed by atoms with van der Waals surface area (Å²) in [7, 11) is 3.06. The van der Waals surface area contributed by atoms with E-state index in [1.807, 2.05) is 4.57 Å². The number of nitrogens with one attached hydrogen (secondary N) is 2. The number of hydrogen-bond acceptors (Lipinski definition) is 10. The number of esters is 1. The van der Waals surface area contributed by atoms with Crippen molar-refractivity contribution in [2.45, 2.75) is 77.0 Å². The molecule has 232 valence electrons. The maximum Gasteiger partial charge on any atom is 0.341 e. The van der Waals surface area contributed by atoms with Crippen LogP contribution in [0, 0.1) is 0 Å². The molecule has 0 saturated carbocycles. The van der Waals surface area contributed by atoms with E-state index in [1.165, 1.54) is 37.3 Å². The van der Waals surface area contributed by atoms with Crippen LogP contribution in [0.15, 0.2) is 23.4 Å². The third-order valence-electron chi connectivity index (χ3n) is 7.07. The molecule has 1 aliphatic rings. The summed E-state index contributed by atoms with van der Waals surface area (Å²) in [6.45, 7) is 4.96.